The molecular formula is C18H24N4O. The first kappa shape index (κ1) is 13.9. The molecule has 0 spiro atoms. The molecule has 122 valence electrons. The summed E-state index contributed by atoms with van der Waals surface area (Å²) in [7, 11) is 0. The van der Waals surface area contributed by atoms with E-state index < -0.39 is 0 Å². The van der Waals surface area contributed by atoms with E-state index in [1.807, 2.05) is 6.20 Å². The van der Waals surface area contributed by atoms with Crippen molar-refractivity contribution >= 4 is 5.82 Å². The minimum atomic E-state index is 0.319. The van der Waals surface area contributed by atoms with E-state index >= 15 is 0 Å². The summed E-state index contributed by atoms with van der Waals surface area (Å²) in [4.78, 5) is 13.8. The second kappa shape index (κ2) is 5.56. The first-order valence-corrected chi connectivity index (χ1v) is 8.92. The van der Waals surface area contributed by atoms with E-state index in [9.17, 15) is 0 Å². The minimum Gasteiger partial charge on any atom is -0.373 e. The van der Waals surface area contributed by atoms with Crippen LogP contribution in [0, 0.1) is 17.8 Å². The number of allylic oxidation sites excluding steroid dienone is 2. The standard InChI is InChI=1S/C18H24N4O/c1-2-14-7-13(1)8-15(14)10-21-11-16-17(12-21)23-6-5-22(16)18-9-19-3-4-20-18/h1-4,9,13-17H,5-8,10-12H2/t13?,14?,15?,16-,17-/m0/s1. The molecule has 2 bridgehead atoms. The van der Waals surface area contributed by atoms with Crippen LogP contribution in [0.25, 0.3) is 0 Å². The third-order valence-corrected chi connectivity index (χ3v) is 6.13. The van der Waals surface area contributed by atoms with Gasteiger partial charge in [0, 0.05) is 38.6 Å². The monoisotopic (exact) mass is 312 g/mol. The summed E-state index contributed by atoms with van der Waals surface area (Å²) in [5, 5.41) is 0. The Morgan fingerprint density at radius 1 is 1.17 bits per heavy atom. The van der Waals surface area contributed by atoms with Crippen molar-refractivity contribution < 1.29 is 4.74 Å². The van der Waals surface area contributed by atoms with Gasteiger partial charge in [-0.1, -0.05) is 12.2 Å². The van der Waals surface area contributed by atoms with Crippen LogP contribution in [0.3, 0.4) is 0 Å². The molecule has 1 saturated carbocycles. The van der Waals surface area contributed by atoms with Gasteiger partial charge in [0.2, 0.25) is 0 Å². The molecule has 0 radical (unpaired) electrons. The maximum Gasteiger partial charge on any atom is 0.147 e. The van der Waals surface area contributed by atoms with Gasteiger partial charge < -0.3 is 9.64 Å². The molecule has 23 heavy (non-hydrogen) atoms. The van der Waals surface area contributed by atoms with Gasteiger partial charge in [-0.05, 0) is 30.6 Å². The number of aromatic nitrogens is 2. The van der Waals surface area contributed by atoms with E-state index in [2.05, 4.69) is 31.9 Å². The number of nitrogens with zero attached hydrogens (tertiary/aromatic N) is 4. The number of hydrogen-bond donors (Lipinski definition) is 0. The van der Waals surface area contributed by atoms with Gasteiger partial charge in [-0.2, -0.15) is 0 Å². The van der Waals surface area contributed by atoms with E-state index in [4.69, 9.17) is 4.74 Å². The van der Waals surface area contributed by atoms with Crippen molar-refractivity contribution in [2.75, 3.05) is 37.7 Å². The van der Waals surface area contributed by atoms with Crippen LogP contribution in [-0.4, -0.2) is 59.8 Å². The summed E-state index contributed by atoms with van der Waals surface area (Å²) in [6.45, 7) is 5.11. The number of likely N-dealkylation sites (tertiary alicyclic amines) is 1. The molecule has 5 nitrogen and oxygen atoms in total. The zero-order chi connectivity index (χ0) is 15.2. The predicted octanol–water partition coefficient (Wildman–Crippen LogP) is 1.58. The lowest BCUT2D eigenvalue weighted by Crippen LogP contribution is -2.51. The Kier molecular flexibility index (Phi) is 3.37. The highest BCUT2D eigenvalue weighted by Gasteiger charge is 2.43. The zero-order valence-corrected chi connectivity index (χ0v) is 13.4. The van der Waals surface area contributed by atoms with Crippen LogP contribution in [0.5, 0.6) is 0 Å². The van der Waals surface area contributed by atoms with Crippen molar-refractivity contribution in [3.05, 3.63) is 30.7 Å². The molecule has 5 heteroatoms. The Hall–Kier alpha value is -1.46. The van der Waals surface area contributed by atoms with Crippen molar-refractivity contribution in [3.63, 3.8) is 0 Å². The first-order chi connectivity index (χ1) is 11.4. The highest BCUT2D eigenvalue weighted by Crippen LogP contribution is 2.44. The molecule has 5 atom stereocenters. The van der Waals surface area contributed by atoms with Crippen molar-refractivity contribution in [2.24, 2.45) is 17.8 Å². The van der Waals surface area contributed by atoms with Gasteiger partial charge in [0.05, 0.1) is 24.9 Å². The lowest BCUT2D eigenvalue weighted by Gasteiger charge is -2.37. The Bertz CT molecular complexity index is 592. The minimum absolute atomic E-state index is 0.319. The number of ether oxygens (including phenoxy) is 1. The van der Waals surface area contributed by atoms with Gasteiger partial charge in [-0.25, -0.2) is 4.98 Å². The van der Waals surface area contributed by atoms with E-state index in [0.29, 0.717) is 12.1 Å². The molecule has 0 N–H and O–H groups in total. The largest absolute Gasteiger partial charge is 0.373 e. The fourth-order valence-corrected chi connectivity index (χ4v) is 5.07. The molecule has 0 aromatic carbocycles. The van der Waals surface area contributed by atoms with Crippen molar-refractivity contribution in [1.82, 2.24) is 14.9 Å². The Labute approximate surface area is 137 Å². The maximum absolute atomic E-state index is 6.06. The SMILES string of the molecule is C1=CC2CC1CC2CN1C[C@@H]2OCCN(c3cnccn3)[C@H]2C1. The highest BCUT2D eigenvalue weighted by atomic mass is 16.5. The number of anilines is 1. The molecule has 1 aromatic heterocycles. The fraction of sp³-hybridized carbons (Fsp3) is 0.667. The normalized spacial score (nSPS) is 39.1. The van der Waals surface area contributed by atoms with Gasteiger partial charge in [-0.3, -0.25) is 9.88 Å². The van der Waals surface area contributed by atoms with E-state index in [1.165, 1.54) is 19.4 Å². The van der Waals surface area contributed by atoms with Gasteiger partial charge in [0.25, 0.3) is 0 Å². The van der Waals surface area contributed by atoms with Gasteiger partial charge in [0.15, 0.2) is 0 Å². The van der Waals surface area contributed by atoms with Gasteiger partial charge in [-0.15, -0.1) is 0 Å². The van der Waals surface area contributed by atoms with Crippen LogP contribution in [-0.2, 0) is 4.74 Å². The molecule has 0 amide bonds. The summed E-state index contributed by atoms with van der Waals surface area (Å²) in [5.41, 5.74) is 0. The van der Waals surface area contributed by atoms with Crippen LogP contribution in [0.1, 0.15) is 12.8 Å². The molecule has 3 heterocycles. The smallest absolute Gasteiger partial charge is 0.147 e. The Morgan fingerprint density at radius 2 is 2.17 bits per heavy atom. The fourth-order valence-electron chi connectivity index (χ4n) is 5.07. The van der Waals surface area contributed by atoms with E-state index in [0.717, 1.165) is 49.8 Å². The maximum atomic E-state index is 6.06. The quantitative estimate of drug-likeness (QED) is 0.793. The van der Waals surface area contributed by atoms with Crippen molar-refractivity contribution in [2.45, 2.75) is 25.0 Å². The first-order valence-electron chi connectivity index (χ1n) is 8.92. The molecular weight excluding hydrogens is 288 g/mol. The van der Waals surface area contributed by atoms with Crippen LogP contribution in [0.15, 0.2) is 30.7 Å². The summed E-state index contributed by atoms with van der Waals surface area (Å²) in [5.74, 6) is 3.55. The summed E-state index contributed by atoms with van der Waals surface area (Å²) in [6.07, 6.45) is 13.4. The van der Waals surface area contributed by atoms with Crippen molar-refractivity contribution in [3.8, 4) is 0 Å². The lowest BCUT2D eigenvalue weighted by molar-refractivity contribution is 0.0299. The molecule has 2 aliphatic carbocycles. The summed E-state index contributed by atoms with van der Waals surface area (Å²) in [6, 6.07) is 0.426. The number of hydrogen-bond acceptors (Lipinski definition) is 5. The van der Waals surface area contributed by atoms with Gasteiger partial charge in [0.1, 0.15) is 5.82 Å². The summed E-state index contributed by atoms with van der Waals surface area (Å²) >= 11 is 0. The van der Waals surface area contributed by atoms with Crippen LogP contribution in [0.4, 0.5) is 5.82 Å². The third-order valence-electron chi connectivity index (χ3n) is 6.13. The predicted molar refractivity (Wildman–Crippen MR) is 88.2 cm³/mol. The van der Waals surface area contributed by atoms with Gasteiger partial charge >= 0.3 is 0 Å². The average Bonchev–Trinajstić information content (AvgIpc) is 3.29. The molecule has 5 rings (SSSR count). The molecule has 3 fully saturated rings. The molecule has 2 saturated heterocycles. The topological polar surface area (TPSA) is 41.5 Å². The van der Waals surface area contributed by atoms with E-state index in [1.54, 1.807) is 12.4 Å². The van der Waals surface area contributed by atoms with E-state index in [-0.39, 0.29) is 0 Å². The number of morpholine rings is 1. The molecule has 4 aliphatic rings. The lowest BCUT2D eigenvalue weighted by atomic mass is 9.93. The Balaban J connectivity index is 1.28. The average molecular weight is 312 g/mol. The highest BCUT2D eigenvalue weighted by molar-refractivity contribution is 5.39. The third kappa shape index (κ3) is 2.46. The number of rotatable bonds is 3. The molecule has 1 aromatic rings. The van der Waals surface area contributed by atoms with Crippen LogP contribution in [0.2, 0.25) is 0 Å². The Morgan fingerprint density at radius 3 is 2.96 bits per heavy atom. The number of fused-ring (bicyclic) bond motifs is 3. The molecule has 3 unspecified atom stereocenters. The zero-order valence-electron chi connectivity index (χ0n) is 13.4. The summed E-state index contributed by atoms with van der Waals surface area (Å²) < 4.78 is 6.06. The van der Waals surface area contributed by atoms with Crippen LogP contribution < -0.4 is 4.90 Å². The molecule has 2 aliphatic heterocycles. The van der Waals surface area contributed by atoms with Crippen LogP contribution >= 0.6 is 0 Å². The second-order valence-electron chi connectivity index (χ2n) is 7.49. The second-order valence-corrected chi connectivity index (χ2v) is 7.49. The van der Waals surface area contributed by atoms with Crippen molar-refractivity contribution in [1.29, 1.82) is 0 Å².